The molecule has 4 atom stereocenters. The fourth-order valence-corrected chi connectivity index (χ4v) is 5.98. The van der Waals surface area contributed by atoms with Gasteiger partial charge in [0.05, 0.1) is 11.5 Å². The lowest BCUT2D eigenvalue weighted by molar-refractivity contribution is -0.163. The van der Waals surface area contributed by atoms with E-state index in [4.69, 9.17) is 13.9 Å². The zero-order chi connectivity index (χ0) is 21.3. The molecule has 28 heavy (non-hydrogen) atoms. The van der Waals surface area contributed by atoms with Crippen LogP contribution in [0.3, 0.4) is 0 Å². The van der Waals surface area contributed by atoms with Crippen LogP contribution in [0, 0.1) is 10.8 Å². The van der Waals surface area contributed by atoms with Crippen LogP contribution in [0.25, 0.3) is 0 Å². The third-order valence-corrected chi connectivity index (χ3v) is 12.3. The number of ketones is 1. The number of cyclic esters (lactones) is 1. The van der Waals surface area contributed by atoms with E-state index in [0.717, 1.165) is 0 Å². The molecule has 0 unspecified atom stereocenters. The molecule has 3 aliphatic rings. The van der Waals surface area contributed by atoms with Crippen molar-refractivity contribution in [1.29, 1.82) is 0 Å². The lowest BCUT2D eigenvalue weighted by Gasteiger charge is -2.43. The SMILES string of the molecule is CC(=O)CC[C@@]12OC(=O)C=C1[C@H](O[Si](C)(C)C(C)(C)C)[C@@]1(C)C(=O)OC[C@@]21C. The highest BCUT2D eigenvalue weighted by atomic mass is 28.4. The molecular weight excluding hydrogens is 376 g/mol. The van der Waals surface area contributed by atoms with Crippen molar-refractivity contribution >= 4 is 26.0 Å². The Morgan fingerprint density at radius 2 is 1.89 bits per heavy atom. The van der Waals surface area contributed by atoms with Crippen LogP contribution in [-0.2, 0) is 28.3 Å². The minimum absolute atomic E-state index is 0.0148. The van der Waals surface area contributed by atoms with Crippen LogP contribution in [0.15, 0.2) is 11.6 Å². The number of carbonyl (C=O) groups excluding carboxylic acids is 3. The lowest BCUT2D eigenvalue weighted by atomic mass is 9.63. The van der Waals surface area contributed by atoms with Gasteiger partial charge in [-0.2, -0.15) is 0 Å². The first-order valence-corrected chi connectivity index (χ1v) is 12.8. The van der Waals surface area contributed by atoms with E-state index in [1.807, 2.05) is 13.8 Å². The quantitative estimate of drug-likeness (QED) is 0.511. The second-order valence-corrected chi connectivity index (χ2v) is 15.2. The van der Waals surface area contributed by atoms with Crippen LogP contribution < -0.4 is 0 Å². The summed E-state index contributed by atoms with van der Waals surface area (Å²) in [6.07, 6.45) is 1.48. The van der Waals surface area contributed by atoms with Gasteiger partial charge in [-0.05, 0) is 38.4 Å². The number of hydrogen-bond donors (Lipinski definition) is 0. The monoisotopic (exact) mass is 408 g/mol. The van der Waals surface area contributed by atoms with Gasteiger partial charge in [-0.1, -0.05) is 27.7 Å². The summed E-state index contributed by atoms with van der Waals surface area (Å²) in [6.45, 7) is 16.1. The van der Waals surface area contributed by atoms with Crippen molar-refractivity contribution in [2.45, 2.75) is 84.2 Å². The van der Waals surface area contributed by atoms with E-state index in [9.17, 15) is 14.4 Å². The molecule has 1 saturated carbocycles. The Morgan fingerprint density at radius 1 is 1.29 bits per heavy atom. The molecule has 6 nitrogen and oxygen atoms in total. The van der Waals surface area contributed by atoms with Crippen molar-refractivity contribution in [1.82, 2.24) is 0 Å². The zero-order valence-electron chi connectivity index (χ0n) is 18.2. The second-order valence-electron chi connectivity index (χ2n) is 10.4. The third-order valence-electron chi connectivity index (χ3n) is 7.82. The van der Waals surface area contributed by atoms with Crippen molar-refractivity contribution in [3.8, 4) is 0 Å². The number of rotatable bonds is 5. The molecule has 0 aromatic rings. The number of esters is 2. The topological polar surface area (TPSA) is 78.9 Å². The number of hydrogen-bond acceptors (Lipinski definition) is 6. The predicted molar refractivity (Wildman–Crippen MR) is 106 cm³/mol. The molecule has 156 valence electrons. The Morgan fingerprint density at radius 3 is 2.43 bits per heavy atom. The van der Waals surface area contributed by atoms with Gasteiger partial charge in [0.15, 0.2) is 8.32 Å². The molecule has 0 radical (unpaired) electrons. The molecule has 0 amide bonds. The molecule has 1 aliphatic carbocycles. The highest BCUT2D eigenvalue weighted by molar-refractivity contribution is 6.74. The van der Waals surface area contributed by atoms with Crippen LogP contribution >= 0.6 is 0 Å². The summed E-state index contributed by atoms with van der Waals surface area (Å²) in [7, 11) is -2.28. The summed E-state index contributed by atoms with van der Waals surface area (Å²) in [4.78, 5) is 37.1. The predicted octanol–water partition coefficient (Wildman–Crippen LogP) is 3.55. The van der Waals surface area contributed by atoms with Crippen molar-refractivity contribution in [2.24, 2.45) is 10.8 Å². The molecule has 0 aromatic heterocycles. The van der Waals surface area contributed by atoms with Gasteiger partial charge in [0.2, 0.25) is 0 Å². The number of Topliss-reactive ketones (excluding diaryl/α,β-unsaturated/α-hetero) is 1. The molecule has 2 aliphatic heterocycles. The fourth-order valence-electron chi connectivity index (χ4n) is 4.68. The van der Waals surface area contributed by atoms with Gasteiger partial charge in [0.1, 0.15) is 23.4 Å². The minimum atomic E-state index is -2.28. The number of fused-ring (bicyclic) bond motifs is 3. The van der Waals surface area contributed by atoms with Crippen molar-refractivity contribution in [2.75, 3.05) is 6.61 Å². The highest BCUT2D eigenvalue weighted by Gasteiger charge is 2.80. The fraction of sp³-hybridized carbons (Fsp3) is 0.762. The van der Waals surface area contributed by atoms with Crippen LogP contribution in [0.4, 0.5) is 0 Å². The van der Waals surface area contributed by atoms with Gasteiger partial charge in [0.25, 0.3) is 0 Å². The Kier molecular flexibility index (Phi) is 4.56. The van der Waals surface area contributed by atoms with E-state index in [2.05, 4.69) is 33.9 Å². The molecule has 3 rings (SSSR count). The normalized spacial score (nSPS) is 37.3. The van der Waals surface area contributed by atoms with Crippen LogP contribution in [0.1, 0.15) is 54.4 Å². The molecule has 0 bridgehead atoms. The maximum Gasteiger partial charge on any atom is 0.331 e. The maximum atomic E-state index is 13.0. The van der Waals surface area contributed by atoms with Gasteiger partial charge in [0, 0.05) is 18.1 Å². The summed E-state index contributed by atoms with van der Waals surface area (Å²) in [5, 5.41) is -0.0725. The summed E-state index contributed by atoms with van der Waals surface area (Å²) in [5.74, 6) is -0.752. The zero-order valence-corrected chi connectivity index (χ0v) is 19.2. The third kappa shape index (κ3) is 2.51. The Bertz CT molecular complexity index is 778. The summed E-state index contributed by atoms with van der Waals surface area (Å²) >= 11 is 0. The molecule has 1 saturated heterocycles. The van der Waals surface area contributed by atoms with Crippen molar-refractivity contribution in [3.63, 3.8) is 0 Å². The van der Waals surface area contributed by atoms with Gasteiger partial charge in [-0.15, -0.1) is 0 Å². The molecule has 2 fully saturated rings. The van der Waals surface area contributed by atoms with E-state index in [-0.39, 0.29) is 29.8 Å². The van der Waals surface area contributed by atoms with E-state index >= 15 is 0 Å². The van der Waals surface area contributed by atoms with Gasteiger partial charge < -0.3 is 18.7 Å². The summed E-state index contributed by atoms with van der Waals surface area (Å²) in [6, 6.07) is 0. The van der Waals surface area contributed by atoms with Crippen molar-refractivity contribution < 1.29 is 28.3 Å². The first-order chi connectivity index (χ1) is 12.6. The average Bonchev–Trinajstić information content (AvgIpc) is 3.05. The Labute approximate surface area is 168 Å². The van der Waals surface area contributed by atoms with Crippen LogP contribution in [-0.4, -0.2) is 44.4 Å². The van der Waals surface area contributed by atoms with E-state index in [1.54, 1.807) is 0 Å². The van der Waals surface area contributed by atoms with Crippen LogP contribution in [0.5, 0.6) is 0 Å². The average molecular weight is 409 g/mol. The summed E-state index contributed by atoms with van der Waals surface area (Å²) < 4.78 is 18.2. The van der Waals surface area contributed by atoms with Crippen LogP contribution in [0.2, 0.25) is 18.1 Å². The molecule has 2 heterocycles. The minimum Gasteiger partial charge on any atom is -0.464 e. The first-order valence-electron chi connectivity index (χ1n) is 9.92. The molecular formula is C21H32O6Si. The maximum absolute atomic E-state index is 13.0. The van der Waals surface area contributed by atoms with Crippen molar-refractivity contribution in [3.05, 3.63) is 11.6 Å². The Hall–Kier alpha value is -1.47. The van der Waals surface area contributed by atoms with Gasteiger partial charge >= 0.3 is 11.9 Å². The number of carbonyl (C=O) groups is 3. The smallest absolute Gasteiger partial charge is 0.331 e. The van der Waals surface area contributed by atoms with E-state index in [1.165, 1.54) is 13.0 Å². The lowest BCUT2D eigenvalue weighted by Crippen LogP contribution is -2.53. The standard InChI is InChI=1S/C21H32O6Si/c1-13(22)9-10-21-14(11-15(23)26-21)16(27-28(7,8)18(2,3)4)20(6)17(24)25-12-19(20,21)5/h11,16H,9-10,12H2,1-8H3/t16-,19+,20-,21+/m0/s1. The first kappa shape index (κ1) is 21.2. The highest BCUT2D eigenvalue weighted by Crippen LogP contribution is 2.69. The van der Waals surface area contributed by atoms with Gasteiger partial charge in [-0.3, -0.25) is 4.79 Å². The van der Waals surface area contributed by atoms with E-state index in [0.29, 0.717) is 12.0 Å². The molecule has 0 spiro atoms. The molecule has 7 heteroatoms. The number of ether oxygens (including phenoxy) is 2. The van der Waals surface area contributed by atoms with Gasteiger partial charge in [-0.25, -0.2) is 4.79 Å². The largest absolute Gasteiger partial charge is 0.464 e. The molecule has 0 aromatic carbocycles. The second kappa shape index (κ2) is 6.02. The Balaban J connectivity index is 2.17. The molecule has 0 N–H and O–H groups in total. The summed E-state index contributed by atoms with van der Waals surface area (Å²) in [5.41, 5.74) is -2.13. The van der Waals surface area contributed by atoms with E-state index < -0.39 is 36.8 Å².